The van der Waals surface area contributed by atoms with E-state index in [4.69, 9.17) is 4.74 Å². The average Bonchev–Trinajstić information content (AvgIpc) is 2.65. The molecule has 0 bridgehead atoms. The van der Waals surface area contributed by atoms with Crippen molar-refractivity contribution in [2.45, 2.75) is 6.92 Å². The average molecular weight is 206 g/mol. The van der Waals surface area contributed by atoms with Gasteiger partial charge in [0.05, 0.1) is 7.11 Å². The fourth-order valence-corrected chi connectivity index (χ4v) is 1.84. The molecule has 2 rings (SSSR count). The van der Waals surface area contributed by atoms with E-state index in [-0.39, 0.29) is 0 Å². The molecule has 14 heavy (non-hydrogen) atoms. The summed E-state index contributed by atoms with van der Waals surface area (Å²) < 4.78 is 5.08. The van der Waals surface area contributed by atoms with E-state index in [9.17, 15) is 0 Å². The Bertz CT molecular complexity index is 422. The predicted molar refractivity (Wildman–Crippen MR) is 56.6 cm³/mol. The van der Waals surface area contributed by atoms with E-state index in [1.807, 2.05) is 31.2 Å². The quantitative estimate of drug-likeness (QED) is 0.757. The highest BCUT2D eigenvalue weighted by molar-refractivity contribution is 7.14. The summed E-state index contributed by atoms with van der Waals surface area (Å²) in [4.78, 5) is 0. The molecule has 0 N–H and O–H groups in total. The molecule has 0 radical (unpaired) electrons. The normalized spacial score (nSPS) is 10.1. The number of ether oxygens (including phenoxy) is 1. The monoisotopic (exact) mass is 206 g/mol. The van der Waals surface area contributed by atoms with Gasteiger partial charge in [0, 0.05) is 5.56 Å². The molecule has 2 aromatic rings. The summed E-state index contributed by atoms with van der Waals surface area (Å²) in [6, 6.07) is 7.82. The maximum atomic E-state index is 5.08. The summed E-state index contributed by atoms with van der Waals surface area (Å²) in [5.74, 6) is 0.856. The zero-order valence-electron chi connectivity index (χ0n) is 8.02. The maximum Gasteiger partial charge on any atom is 0.147 e. The molecule has 0 saturated heterocycles. The standard InChI is InChI=1S/C10H10N2OS/c1-7-11-12-10(14-7)8-3-5-9(13-2)6-4-8/h3-6H,1-2H3. The van der Waals surface area contributed by atoms with Gasteiger partial charge in [-0.25, -0.2) is 0 Å². The van der Waals surface area contributed by atoms with Crippen LogP contribution in [0.3, 0.4) is 0 Å². The Labute approximate surface area is 86.4 Å². The van der Waals surface area contributed by atoms with Crippen molar-refractivity contribution in [2.24, 2.45) is 0 Å². The van der Waals surface area contributed by atoms with Crippen LogP contribution in [0.2, 0.25) is 0 Å². The van der Waals surface area contributed by atoms with Crippen molar-refractivity contribution >= 4 is 11.3 Å². The van der Waals surface area contributed by atoms with Crippen molar-refractivity contribution in [2.75, 3.05) is 7.11 Å². The van der Waals surface area contributed by atoms with Gasteiger partial charge in [0.25, 0.3) is 0 Å². The molecule has 0 aliphatic rings. The van der Waals surface area contributed by atoms with Gasteiger partial charge in [-0.2, -0.15) is 0 Å². The van der Waals surface area contributed by atoms with Crippen LogP contribution >= 0.6 is 11.3 Å². The summed E-state index contributed by atoms with van der Waals surface area (Å²) in [6.45, 7) is 1.95. The van der Waals surface area contributed by atoms with Crippen LogP contribution < -0.4 is 4.74 Å². The molecular weight excluding hydrogens is 196 g/mol. The minimum Gasteiger partial charge on any atom is -0.497 e. The molecule has 0 unspecified atom stereocenters. The molecule has 72 valence electrons. The number of hydrogen-bond donors (Lipinski definition) is 0. The number of aryl methyl sites for hydroxylation is 1. The topological polar surface area (TPSA) is 35.0 Å². The van der Waals surface area contributed by atoms with Crippen LogP contribution in [0.1, 0.15) is 5.01 Å². The van der Waals surface area contributed by atoms with E-state index in [1.165, 1.54) is 0 Å². The highest BCUT2D eigenvalue weighted by atomic mass is 32.1. The number of hydrogen-bond acceptors (Lipinski definition) is 4. The van der Waals surface area contributed by atoms with E-state index in [1.54, 1.807) is 18.4 Å². The Morgan fingerprint density at radius 3 is 2.36 bits per heavy atom. The van der Waals surface area contributed by atoms with Gasteiger partial charge in [-0.1, -0.05) is 11.3 Å². The van der Waals surface area contributed by atoms with Crippen LogP contribution in [-0.4, -0.2) is 17.3 Å². The fourth-order valence-electron chi connectivity index (χ4n) is 1.15. The van der Waals surface area contributed by atoms with Crippen LogP contribution in [0, 0.1) is 6.92 Å². The zero-order valence-corrected chi connectivity index (χ0v) is 8.84. The second-order valence-electron chi connectivity index (χ2n) is 2.85. The van der Waals surface area contributed by atoms with Crippen LogP contribution in [0.15, 0.2) is 24.3 Å². The van der Waals surface area contributed by atoms with Gasteiger partial charge in [0.1, 0.15) is 15.8 Å². The first kappa shape index (κ1) is 9.15. The molecule has 0 amide bonds. The number of rotatable bonds is 2. The van der Waals surface area contributed by atoms with Gasteiger partial charge in [-0.15, -0.1) is 10.2 Å². The van der Waals surface area contributed by atoms with Crippen LogP contribution in [0.5, 0.6) is 5.75 Å². The minimum atomic E-state index is 0.856. The Morgan fingerprint density at radius 1 is 1.14 bits per heavy atom. The van der Waals surface area contributed by atoms with E-state index in [0.29, 0.717) is 0 Å². The molecule has 4 heteroatoms. The van der Waals surface area contributed by atoms with E-state index in [0.717, 1.165) is 21.3 Å². The van der Waals surface area contributed by atoms with Gasteiger partial charge in [-0.05, 0) is 31.2 Å². The van der Waals surface area contributed by atoms with E-state index >= 15 is 0 Å². The van der Waals surface area contributed by atoms with Crippen molar-refractivity contribution < 1.29 is 4.74 Å². The molecule has 1 aromatic carbocycles. The molecule has 0 fully saturated rings. The molecule has 3 nitrogen and oxygen atoms in total. The van der Waals surface area contributed by atoms with Crippen molar-refractivity contribution in [3.63, 3.8) is 0 Å². The first-order chi connectivity index (χ1) is 6.79. The van der Waals surface area contributed by atoms with Crippen LogP contribution in [-0.2, 0) is 0 Å². The third-order valence-electron chi connectivity index (χ3n) is 1.86. The smallest absolute Gasteiger partial charge is 0.147 e. The van der Waals surface area contributed by atoms with Crippen molar-refractivity contribution in [3.05, 3.63) is 29.3 Å². The maximum absolute atomic E-state index is 5.08. The Hall–Kier alpha value is -1.42. The van der Waals surface area contributed by atoms with Gasteiger partial charge >= 0.3 is 0 Å². The number of nitrogens with zero attached hydrogens (tertiary/aromatic N) is 2. The number of benzene rings is 1. The van der Waals surface area contributed by atoms with Crippen molar-refractivity contribution in [3.8, 4) is 16.3 Å². The Kier molecular flexibility index (Phi) is 2.45. The molecule has 0 aliphatic heterocycles. The van der Waals surface area contributed by atoms with Crippen molar-refractivity contribution in [1.82, 2.24) is 10.2 Å². The summed E-state index contributed by atoms with van der Waals surface area (Å²) in [5.41, 5.74) is 1.08. The lowest BCUT2D eigenvalue weighted by atomic mass is 10.2. The second kappa shape index (κ2) is 3.75. The summed E-state index contributed by atoms with van der Waals surface area (Å²) >= 11 is 1.59. The lowest BCUT2D eigenvalue weighted by molar-refractivity contribution is 0.415. The summed E-state index contributed by atoms with van der Waals surface area (Å²) in [7, 11) is 1.66. The third kappa shape index (κ3) is 1.75. The fraction of sp³-hybridized carbons (Fsp3) is 0.200. The highest BCUT2D eigenvalue weighted by Crippen LogP contribution is 2.24. The number of aromatic nitrogens is 2. The molecule has 1 heterocycles. The lowest BCUT2D eigenvalue weighted by Gasteiger charge is -1.99. The lowest BCUT2D eigenvalue weighted by Crippen LogP contribution is -1.82. The van der Waals surface area contributed by atoms with Crippen LogP contribution in [0.25, 0.3) is 10.6 Å². The number of methoxy groups -OCH3 is 1. The zero-order chi connectivity index (χ0) is 9.97. The second-order valence-corrected chi connectivity index (χ2v) is 4.04. The first-order valence-corrected chi connectivity index (χ1v) is 5.06. The molecule has 0 atom stereocenters. The van der Waals surface area contributed by atoms with Gasteiger partial charge in [-0.3, -0.25) is 0 Å². The summed E-state index contributed by atoms with van der Waals surface area (Å²) in [6.07, 6.45) is 0. The Morgan fingerprint density at radius 2 is 1.86 bits per heavy atom. The highest BCUT2D eigenvalue weighted by Gasteiger charge is 2.03. The molecule has 0 saturated carbocycles. The van der Waals surface area contributed by atoms with Gasteiger partial charge < -0.3 is 4.74 Å². The summed E-state index contributed by atoms with van der Waals surface area (Å²) in [5, 5.41) is 9.97. The van der Waals surface area contributed by atoms with E-state index in [2.05, 4.69) is 10.2 Å². The Balaban J connectivity index is 2.33. The molecule has 0 aliphatic carbocycles. The molecule has 0 spiro atoms. The largest absolute Gasteiger partial charge is 0.497 e. The predicted octanol–water partition coefficient (Wildman–Crippen LogP) is 2.52. The SMILES string of the molecule is COc1ccc(-c2nnc(C)s2)cc1. The molecular formula is C10H10N2OS. The van der Waals surface area contributed by atoms with Gasteiger partial charge in [0.2, 0.25) is 0 Å². The van der Waals surface area contributed by atoms with Gasteiger partial charge in [0.15, 0.2) is 0 Å². The first-order valence-electron chi connectivity index (χ1n) is 4.24. The minimum absolute atomic E-state index is 0.856. The van der Waals surface area contributed by atoms with Crippen molar-refractivity contribution in [1.29, 1.82) is 0 Å². The third-order valence-corrected chi connectivity index (χ3v) is 2.75. The van der Waals surface area contributed by atoms with Crippen LogP contribution in [0.4, 0.5) is 0 Å². The molecule has 1 aromatic heterocycles. The van der Waals surface area contributed by atoms with E-state index < -0.39 is 0 Å².